The predicted octanol–water partition coefficient (Wildman–Crippen LogP) is 0.647. The van der Waals surface area contributed by atoms with Gasteiger partial charge in [0.05, 0.1) is 0 Å². The number of aryl methyl sites for hydroxylation is 1. The first-order chi connectivity index (χ1) is 8.49. The Morgan fingerprint density at radius 1 is 1.28 bits per heavy atom. The van der Waals surface area contributed by atoms with Crippen molar-refractivity contribution in [2.45, 2.75) is 0 Å². The van der Waals surface area contributed by atoms with Crippen LogP contribution >= 0.6 is 0 Å². The number of primary amides is 1. The molecule has 0 bridgehead atoms. The van der Waals surface area contributed by atoms with Gasteiger partial charge in [0.1, 0.15) is 0 Å². The Labute approximate surface area is 105 Å². The fourth-order valence-corrected chi connectivity index (χ4v) is 1.67. The van der Waals surface area contributed by atoms with Crippen LogP contribution in [-0.2, 0) is 7.05 Å². The third-order valence-electron chi connectivity index (χ3n) is 2.57. The third-order valence-corrected chi connectivity index (χ3v) is 2.57. The molecule has 0 radical (unpaired) electrons. The number of carbonyl (C=O) groups excluding carboxylic acids is 1. The summed E-state index contributed by atoms with van der Waals surface area (Å²) in [6.07, 6.45) is 0. The van der Waals surface area contributed by atoms with Crippen LogP contribution in [0.2, 0.25) is 0 Å². The standard InChI is InChI=1S/C12H15N5O/c1-16(2)12-14-11(15-17(12)3)9-6-4-8(5-7-9)10(13)18/h4-7H,1-3H3,(H2,13,18). The molecule has 2 N–H and O–H groups in total. The third kappa shape index (κ3) is 2.17. The van der Waals surface area contributed by atoms with Crippen molar-refractivity contribution in [3.63, 3.8) is 0 Å². The molecular formula is C12H15N5O. The van der Waals surface area contributed by atoms with Crippen LogP contribution in [0.4, 0.5) is 5.95 Å². The van der Waals surface area contributed by atoms with E-state index in [1.54, 1.807) is 28.9 Å². The molecule has 1 heterocycles. The summed E-state index contributed by atoms with van der Waals surface area (Å²) in [5, 5.41) is 4.32. The number of benzene rings is 1. The minimum Gasteiger partial charge on any atom is -0.366 e. The first-order valence-electron chi connectivity index (χ1n) is 5.47. The van der Waals surface area contributed by atoms with Crippen LogP contribution in [0.3, 0.4) is 0 Å². The SMILES string of the molecule is CN(C)c1nc(-c2ccc(C(N)=O)cc2)nn1C. The summed E-state index contributed by atoms with van der Waals surface area (Å²) in [7, 11) is 5.65. The Morgan fingerprint density at radius 3 is 2.33 bits per heavy atom. The van der Waals surface area contributed by atoms with Gasteiger partial charge in [-0.3, -0.25) is 4.79 Å². The second-order valence-corrected chi connectivity index (χ2v) is 4.20. The lowest BCUT2D eigenvalue weighted by Crippen LogP contribution is -2.14. The van der Waals surface area contributed by atoms with E-state index in [1.807, 2.05) is 26.0 Å². The smallest absolute Gasteiger partial charge is 0.248 e. The lowest BCUT2D eigenvalue weighted by Gasteiger charge is -2.08. The highest BCUT2D eigenvalue weighted by molar-refractivity contribution is 5.93. The van der Waals surface area contributed by atoms with E-state index in [-0.39, 0.29) is 0 Å². The van der Waals surface area contributed by atoms with Gasteiger partial charge < -0.3 is 10.6 Å². The number of rotatable bonds is 3. The number of aromatic nitrogens is 3. The maximum absolute atomic E-state index is 11.0. The van der Waals surface area contributed by atoms with Crippen LogP contribution in [0.25, 0.3) is 11.4 Å². The van der Waals surface area contributed by atoms with Gasteiger partial charge in [0, 0.05) is 32.3 Å². The van der Waals surface area contributed by atoms with Crippen molar-refractivity contribution in [3.05, 3.63) is 29.8 Å². The molecule has 0 aliphatic carbocycles. The second-order valence-electron chi connectivity index (χ2n) is 4.20. The Kier molecular flexibility index (Phi) is 3.01. The lowest BCUT2D eigenvalue weighted by molar-refractivity contribution is 0.100. The second kappa shape index (κ2) is 4.48. The maximum Gasteiger partial charge on any atom is 0.248 e. The first kappa shape index (κ1) is 12.1. The topological polar surface area (TPSA) is 77.0 Å². The Balaban J connectivity index is 2.37. The molecule has 0 atom stereocenters. The van der Waals surface area contributed by atoms with Gasteiger partial charge in [0.25, 0.3) is 0 Å². The summed E-state index contributed by atoms with van der Waals surface area (Å²) < 4.78 is 1.71. The van der Waals surface area contributed by atoms with E-state index in [0.29, 0.717) is 11.4 Å². The van der Waals surface area contributed by atoms with E-state index in [4.69, 9.17) is 5.73 Å². The van der Waals surface area contributed by atoms with Crippen LogP contribution < -0.4 is 10.6 Å². The molecule has 0 saturated carbocycles. The quantitative estimate of drug-likeness (QED) is 0.861. The van der Waals surface area contributed by atoms with Crippen LogP contribution in [-0.4, -0.2) is 34.8 Å². The molecule has 0 aliphatic heterocycles. The van der Waals surface area contributed by atoms with E-state index >= 15 is 0 Å². The molecule has 1 aromatic heterocycles. The summed E-state index contributed by atoms with van der Waals surface area (Å²) in [5.41, 5.74) is 6.51. The summed E-state index contributed by atoms with van der Waals surface area (Å²) in [6.45, 7) is 0. The van der Waals surface area contributed by atoms with Crippen molar-refractivity contribution in [2.24, 2.45) is 12.8 Å². The molecule has 1 aromatic carbocycles. The van der Waals surface area contributed by atoms with Gasteiger partial charge in [-0.05, 0) is 12.1 Å². The average Bonchev–Trinajstić information content (AvgIpc) is 2.71. The molecule has 94 valence electrons. The fraction of sp³-hybridized carbons (Fsp3) is 0.250. The maximum atomic E-state index is 11.0. The van der Waals surface area contributed by atoms with Crippen molar-refractivity contribution in [1.82, 2.24) is 14.8 Å². The van der Waals surface area contributed by atoms with Gasteiger partial charge in [-0.25, -0.2) is 4.68 Å². The highest BCUT2D eigenvalue weighted by Gasteiger charge is 2.10. The van der Waals surface area contributed by atoms with Crippen molar-refractivity contribution >= 4 is 11.9 Å². The van der Waals surface area contributed by atoms with E-state index < -0.39 is 5.91 Å². The summed E-state index contributed by atoms with van der Waals surface area (Å²) in [6, 6.07) is 6.91. The van der Waals surface area contributed by atoms with Gasteiger partial charge in [-0.1, -0.05) is 12.1 Å². The molecule has 2 rings (SSSR count). The first-order valence-corrected chi connectivity index (χ1v) is 5.47. The summed E-state index contributed by atoms with van der Waals surface area (Å²) >= 11 is 0. The van der Waals surface area contributed by atoms with Gasteiger partial charge in [0.2, 0.25) is 11.9 Å². The molecule has 2 aromatic rings. The lowest BCUT2D eigenvalue weighted by atomic mass is 10.1. The van der Waals surface area contributed by atoms with E-state index in [0.717, 1.165) is 11.5 Å². The number of amides is 1. The van der Waals surface area contributed by atoms with Gasteiger partial charge >= 0.3 is 0 Å². The number of hydrogen-bond donors (Lipinski definition) is 1. The molecule has 0 fully saturated rings. The van der Waals surface area contributed by atoms with Crippen LogP contribution in [0, 0.1) is 0 Å². The fourth-order valence-electron chi connectivity index (χ4n) is 1.67. The van der Waals surface area contributed by atoms with E-state index in [1.165, 1.54) is 0 Å². The molecule has 0 unspecified atom stereocenters. The minimum absolute atomic E-state index is 0.440. The normalized spacial score (nSPS) is 10.4. The van der Waals surface area contributed by atoms with Crippen LogP contribution in [0.1, 0.15) is 10.4 Å². The van der Waals surface area contributed by atoms with E-state index in [2.05, 4.69) is 10.1 Å². The summed E-state index contributed by atoms with van der Waals surface area (Å²) in [5.74, 6) is 0.950. The average molecular weight is 245 g/mol. The van der Waals surface area contributed by atoms with Crippen LogP contribution in [0.15, 0.2) is 24.3 Å². The number of nitrogens with two attached hydrogens (primary N) is 1. The number of hydrogen-bond acceptors (Lipinski definition) is 4. The Hall–Kier alpha value is -2.37. The monoisotopic (exact) mass is 245 g/mol. The zero-order valence-corrected chi connectivity index (χ0v) is 10.6. The molecule has 0 saturated heterocycles. The van der Waals surface area contributed by atoms with E-state index in [9.17, 15) is 4.79 Å². The van der Waals surface area contributed by atoms with Gasteiger partial charge in [-0.15, -0.1) is 5.10 Å². The van der Waals surface area contributed by atoms with Crippen molar-refractivity contribution in [3.8, 4) is 11.4 Å². The summed E-state index contributed by atoms with van der Waals surface area (Å²) in [4.78, 5) is 17.3. The zero-order chi connectivity index (χ0) is 13.3. The Morgan fingerprint density at radius 2 is 1.89 bits per heavy atom. The predicted molar refractivity (Wildman–Crippen MR) is 69.3 cm³/mol. The molecule has 0 aliphatic rings. The van der Waals surface area contributed by atoms with Gasteiger partial charge in [0.15, 0.2) is 5.82 Å². The van der Waals surface area contributed by atoms with Crippen molar-refractivity contribution in [1.29, 1.82) is 0 Å². The van der Waals surface area contributed by atoms with Crippen molar-refractivity contribution < 1.29 is 4.79 Å². The van der Waals surface area contributed by atoms with Crippen molar-refractivity contribution in [2.75, 3.05) is 19.0 Å². The highest BCUT2D eigenvalue weighted by atomic mass is 16.1. The minimum atomic E-state index is -0.440. The number of carbonyl (C=O) groups is 1. The molecule has 6 nitrogen and oxygen atoms in total. The molecular weight excluding hydrogens is 230 g/mol. The largest absolute Gasteiger partial charge is 0.366 e. The number of anilines is 1. The molecule has 0 spiro atoms. The molecule has 6 heteroatoms. The molecule has 18 heavy (non-hydrogen) atoms. The highest BCUT2D eigenvalue weighted by Crippen LogP contribution is 2.18. The van der Waals surface area contributed by atoms with Gasteiger partial charge in [-0.2, -0.15) is 4.98 Å². The zero-order valence-electron chi connectivity index (χ0n) is 10.6. The van der Waals surface area contributed by atoms with Crippen LogP contribution in [0.5, 0.6) is 0 Å². The Bertz CT molecular complexity index is 571. The number of nitrogens with zero attached hydrogens (tertiary/aromatic N) is 4. The molecule has 1 amide bonds.